The highest BCUT2D eigenvalue weighted by Crippen LogP contribution is 2.20. The van der Waals surface area contributed by atoms with E-state index in [1.54, 1.807) is 22.4 Å². The Morgan fingerprint density at radius 3 is 2.95 bits per heavy atom. The van der Waals surface area contributed by atoms with Crippen molar-refractivity contribution in [3.05, 3.63) is 22.4 Å². The van der Waals surface area contributed by atoms with E-state index in [0.717, 1.165) is 31.9 Å². The van der Waals surface area contributed by atoms with Crippen molar-refractivity contribution in [1.82, 2.24) is 19.2 Å². The van der Waals surface area contributed by atoms with Gasteiger partial charge in [0.25, 0.3) is 5.56 Å². The maximum atomic E-state index is 12.6. The fourth-order valence-corrected chi connectivity index (χ4v) is 2.68. The van der Waals surface area contributed by atoms with Gasteiger partial charge >= 0.3 is 0 Å². The Bertz CT molecular complexity index is 705. The fraction of sp³-hybridized carbons (Fsp3) is 0.643. The SMILES string of the molecule is CCCCN1CCn2c1nn1c([C@@H](C)OC)ncc1c2=O. The quantitative estimate of drug-likeness (QED) is 0.828. The lowest BCUT2D eigenvalue weighted by Crippen LogP contribution is -2.26. The van der Waals surface area contributed by atoms with Gasteiger partial charge in [-0.25, -0.2) is 9.50 Å². The summed E-state index contributed by atoms with van der Waals surface area (Å²) in [7, 11) is 1.62. The van der Waals surface area contributed by atoms with Gasteiger partial charge in [0, 0.05) is 26.7 Å². The van der Waals surface area contributed by atoms with Gasteiger partial charge in [0.1, 0.15) is 6.10 Å². The van der Waals surface area contributed by atoms with Crippen LogP contribution in [0.5, 0.6) is 0 Å². The largest absolute Gasteiger partial charge is 0.374 e. The van der Waals surface area contributed by atoms with Gasteiger partial charge in [-0.2, -0.15) is 0 Å². The van der Waals surface area contributed by atoms with E-state index in [1.165, 1.54) is 0 Å². The molecule has 1 aliphatic rings. The third-order valence-corrected chi connectivity index (χ3v) is 4.03. The number of rotatable bonds is 5. The predicted molar refractivity (Wildman–Crippen MR) is 79.8 cm³/mol. The van der Waals surface area contributed by atoms with E-state index in [4.69, 9.17) is 4.74 Å². The average Bonchev–Trinajstić information content (AvgIpc) is 3.09. The van der Waals surface area contributed by atoms with E-state index in [9.17, 15) is 4.79 Å². The molecule has 114 valence electrons. The van der Waals surface area contributed by atoms with Crippen LogP contribution >= 0.6 is 0 Å². The molecule has 1 aliphatic heterocycles. The minimum absolute atomic E-state index is 0.0268. The summed E-state index contributed by atoms with van der Waals surface area (Å²) in [5.41, 5.74) is 0.482. The van der Waals surface area contributed by atoms with Crippen molar-refractivity contribution in [2.75, 3.05) is 25.1 Å². The second kappa shape index (κ2) is 5.48. The van der Waals surface area contributed by atoms with Crippen LogP contribution in [0.1, 0.15) is 38.6 Å². The normalized spacial score (nSPS) is 15.7. The summed E-state index contributed by atoms with van der Waals surface area (Å²) >= 11 is 0. The highest BCUT2D eigenvalue weighted by molar-refractivity contribution is 5.47. The number of anilines is 1. The summed E-state index contributed by atoms with van der Waals surface area (Å²) in [5.74, 6) is 1.40. The number of methoxy groups -OCH3 is 1. The van der Waals surface area contributed by atoms with Gasteiger partial charge < -0.3 is 9.64 Å². The van der Waals surface area contributed by atoms with Gasteiger partial charge in [0.2, 0.25) is 5.95 Å². The Balaban J connectivity index is 2.11. The van der Waals surface area contributed by atoms with Crippen LogP contribution in [0.2, 0.25) is 0 Å². The van der Waals surface area contributed by atoms with Gasteiger partial charge in [-0.3, -0.25) is 9.36 Å². The smallest absolute Gasteiger partial charge is 0.281 e. The van der Waals surface area contributed by atoms with Crippen LogP contribution in [0.3, 0.4) is 0 Å². The lowest BCUT2D eigenvalue weighted by Gasteiger charge is -2.17. The van der Waals surface area contributed by atoms with E-state index >= 15 is 0 Å². The molecular weight excluding hydrogens is 270 g/mol. The standard InChI is InChI=1S/C14H21N5O2/c1-4-5-6-17-7-8-18-13(20)11-9-15-12(10(2)21-3)19(11)16-14(17)18/h9-10H,4-8H2,1-3H3/t10-/m1/s1. The molecule has 0 spiro atoms. The Morgan fingerprint density at radius 2 is 2.24 bits per heavy atom. The first kappa shape index (κ1) is 14.1. The minimum Gasteiger partial charge on any atom is -0.374 e. The van der Waals surface area contributed by atoms with E-state index < -0.39 is 0 Å². The molecule has 0 saturated heterocycles. The first-order valence-electron chi connectivity index (χ1n) is 7.43. The van der Waals surface area contributed by atoms with Gasteiger partial charge in [0.05, 0.1) is 6.20 Å². The molecule has 0 amide bonds. The Kier molecular flexibility index (Phi) is 3.67. The molecule has 0 N–H and O–H groups in total. The number of nitrogens with zero attached hydrogens (tertiary/aromatic N) is 5. The highest BCUT2D eigenvalue weighted by Gasteiger charge is 2.25. The van der Waals surface area contributed by atoms with Crippen molar-refractivity contribution < 1.29 is 4.74 Å². The summed E-state index contributed by atoms with van der Waals surface area (Å²) in [6.07, 6.45) is 3.61. The maximum Gasteiger partial charge on any atom is 0.281 e. The van der Waals surface area contributed by atoms with E-state index in [-0.39, 0.29) is 11.7 Å². The number of ether oxygens (including phenoxy) is 1. The highest BCUT2D eigenvalue weighted by atomic mass is 16.5. The summed E-state index contributed by atoms with van der Waals surface area (Å²) in [6, 6.07) is 0. The lowest BCUT2D eigenvalue weighted by atomic mass is 10.3. The third kappa shape index (κ3) is 2.21. The van der Waals surface area contributed by atoms with Crippen LogP contribution in [0, 0.1) is 0 Å². The number of hydrogen-bond acceptors (Lipinski definition) is 5. The van der Waals surface area contributed by atoms with Crippen molar-refractivity contribution in [2.24, 2.45) is 0 Å². The Hall–Kier alpha value is -1.89. The topological polar surface area (TPSA) is 64.7 Å². The van der Waals surface area contributed by atoms with Crippen LogP contribution in [0.15, 0.2) is 11.0 Å². The Morgan fingerprint density at radius 1 is 1.43 bits per heavy atom. The third-order valence-electron chi connectivity index (χ3n) is 4.03. The number of hydrogen-bond donors (Lipinski definition) is 0. The lowest BCUT2D eigenvalue weighted by molar-refractivity contribution is 0.110. The van der Waals surface area contributed by atoms with Crippen LogP contribution in [-0.4, -0.2) is 39.4 Å². The zero-order valence-electron chi connectivity index (χ0n) is 12.7. The number of imidazole rings is 1. The van der Waals surface area contributed by atoms with Crippen LogP contribution in [0.4, 0.5) is 5.95 Å². The van der Waals surface area contributed by atoms with E-state index in [0.29, 0.717) is 17.9 Å². The molecule has 0 aromatic carbocycles. The first-order chi connectivity index (χ1) is 10.2. The van der Waals surface area contributed by atoms with Crippen molar-refractivity contribution in [1.29, 1.82) is 0 Å². The van der Waals surface area contributed by atoms with Gasteiger partial charge in [-0.05, 0) is 13.3 Å². The van der Waals surface area contributed by atoms with Crippen LogP contribution < -0.4 is 10.5 Å². The van der Waals surface area contributed by atoms with Crippen molar-refractivity contribution >= 4 is 11.5 Å². The number of unbranched alkanes of at least 4 members (excludes halogenated alkanes) is 1. The molecule has 7 heteroatoms. The second-order valence-corrected chi connectivity index (χ2v) is 5.39. The minimum atomic E-state index is -0.201. The molecule has 21 heavy (non-hydrogen) atoms. The zero-order valence-corrected chi connectivity index (χ0v) is 12.7. The average molecular weight is 291 g/mol. The second-order valence-electron chi connectivity index (χ2n) is 5.39. The molecule has 0 fully saturated rings. The summed E-state index contributed by atoms with van der Waals surface area (Å²) in [5, 5.41) is 4.64. The van der Waals surface area contributed by atoms with E-state index in [1.807, 2.05) is 6.92 Å². The maximum absolute atomic E-state index is 12.6. The van der Waals surface area contributed by atoms with Crippen LogP contribution in [-0.2, 0) is 11.3 Å². The zero-order chi connectivity index (χ0) is 15.0. The molecule has 0 aliphatic carbocycles. The molecule has 0 radical (unpaired) electrons. The molecule has 0 bridgehead atoms. The Labute approximate surface area is 123 Å². The molecule has 2 aromatic rings. The molecule has 1 atom stereocenters. The summed E-state index contributed by atoms with van der Waals surface area (Å²) < 4.78 is 8.68. The molecule has 3 rings (SSSR count). The molecular formula is C14H21N5O2. The monoisotopic (exact) mass is 291 g/mol. The molecule has 3 heterocycles. The van der Waals surface area contributed by atoms with Crippen molar-refractivity contribution in [3.63, 3.8) is 0 Å². The summed E-state index contributed by atoms with van der Waals surface area (Å²) in [4.78, 5) is 19.0. The van der Waals surface area contributed by atoms with E-state index in [2.05, 4.69) is 21.9 Å². The van der Waals surface area contributed by atoms with Crippen molar-refractivity contribution in [2.45, 2.75) is 39.3 Å². The van der Waals surface area contributed by atoms with Gasteiger partial charge in [0.15, 0.2) is 11.3 Å². The molecule has 0 saturated carbocycles. The molecule has 0 unspecified atom stereocenters. The first-order valence-corrected chi connectivity index (χ1v) is 7.43. The predicted octanol–water partition coefficient (Wildman–Crippen LogP) is 1.22. The number of fused-ring (bicyclic) bond motifs is 2. The van der Waals surface area contributed by atoms with Crippen molar-refractivity contribution in [3.8, 4) is 0 Å². The number of aromatic nitrogens is 4. The van der Waals surface area contributed by atoms with Gasteiger partial charge in [-0.15, -0.1) is 5.10 Å². The summed E-state index contributed by atoms with van der Waals surface area (Å²) in [6.45, 7) is 6.53. The van der Waals surface area contributed by atoms with Gasteiger partial charge in [-0.1, -0.05) is 13.3 Å². The molecule has 7 nitrogen and oxygen atoms in total. The molecule has 2 aromatic heterocycles. The van der Waals surface area contributed by atoms with Crippen LogP contribution in [0.25, 0.3) is 5.52 Å². The fourth-order valence-electron chi connectivity index (χ4n) is 2.68.